The lowest BCUT2D eigenvalue weighted by Gasteiger charge is -2.23. The Hall–Kier alpha value is -1.85. The Morgan fingerprint density at radius 2 is 2.05 bits per heavy atom. The van der Waals surface area contributed by atoms with E-state index in [4.69, 9.17) is 4.74 Å². The molecule has 0 aliphatic rings. The van der Waals surface area contributed by atoms with Gasteiger partial charge in [-0.05, 0) is 27.7 Å². The fraction of sp³-hybridized carbons (Fsp3) is 0.615. The molecule has 1 aromatic heterocycles. The van der Waals surface area contributed by atoms with Crippen LogP contribution in [0.3, 0.4) is 0 Å². The highest BCUT2D eigenvalue weighted by Crippen LogP contribution is 2.12. The molecule has 1 heterocycles. The highest BCUT2D eigenvalue weighted by molar-refractivity contribution is 5.84. The van der Waals surface area contributed by atoms with Gasteiger partial charge in [0, 0.05) is 19.2 Å². The van der Waals surface area contributed by atoms with Crippen LogP contribution in [0.2, 0.25) is 0 Å². The molecule has 0 radical (unpaired) electrons. The van der Waals surface area contributed by atoms with Gasteiger partial charge in [0.1, 0.15) is 18.2 Å². The van der Waals surface area contributed by atoms with Crippen molar-refractivity contribution in [3.63, 3.8) is 0 Å². The lowest BCUT2D eigenvalue weighted by atomic mass is 10.2. The van der Waals surface area contributed by atoms with E-state index in [1.54, 1.807) is 11.0 Å². The molecule has 6 nitrogen and oxygen atoms in total. The summed E-state index contributed by atoms with van der Waals surface area (Å²) < 4.78 is 5.29. The second kappa shape index (κ2) is 7.56. The third-order valence-electron chi connectivity index (χ3n) is 2.74. The summed E-state index contributed by atoms with van der Waals surface area (Å²) in [7, 11) is 0. The smallest absolute Gasteiger partial charge is 0.244 e. The molecule has 19 heavy (non-hydrogen) atoms. The van der Waals surface area contributed by atoms with Gasteiger partial charge < -0.3 is 15.0 Å². The zero-order chi connectivity index (χ0) is 14.3. The van der Waals surface area contributed by atoms with E-state index in [1.807, 2.05) is 27.7 Å². The summed E-state index contributed by atoms with van der Waals surface area (Å²) in [6.07, 6.45) is 1.42. The molecule has 0 fully saturated rings. The molecule has 0 saturated heterocycles. The van der Waals surface area contributed by atoms with Crippen LogP contribution in [0, 0.1) is 0 Å². The zero-order valence-electron chi connectivity index (χ0n) is 12.0. The van der Waals surface area contributed by atoms with E-state index in [2.05, 4.69) is 15.3 Å². The van der Waals surface area contributed by atoms with Crippen molar-refractivity contribution in [1.82, 2.24) is 14.9 Å². The zero-order valence-corrected chi connectivity index (χ0v) is 12.0. The number of carbonyl (C=O) groups excluding carboxylic acids is 1. The minimum atomic E-state index is -0.329. The van der Waals surface area contributed by atoms with Gasteiger partial charge in [0.05, 0.1) is 6.61 Å². The van der Waals surface area contributed by atoms with Gasteiger partial charge in [0.25, 0.3) is 0 Å². The SMILES string of the molecule is CCOc1cc(NC(C)C(=O)N(CC)CC)ncn1. The monoisotopic (exact) mass is 266 g/mol. The lowest BCUT2D eigenvalue weighted by molar-refractivity contribution is -0.131. The molecular formula is C13H22N4O2. The van der Waals surface area contributed by atoms with Crippen molar-refractivity contribution in [2.45, 2.75) is 33.7 Å². The Kier molecular flexibility index (Phi) is 6.05. The number of aromatic nitrogens is 2. The molecule has 6 heteroatoms. The van der Waals surface area contributed by atoms with Gasteiger partial charge in [0.2, 0.25) is 11.8 Å². The van der Waals surface area contributed by atoms with Crippen LogP contribution in [0.25, 0.3) is 0 Å². The van der Waals surface area contributed by atoms with Crippen molar-refractivity contribution in [3.8, 4) is 5.88 Å². The van der Waals surface area contributed by atoms with E-state index in [0.717, 1.165) is 0 Å². The van der Waals surface area contributed by atoms with Crippen molar-refractivity contribution in [2.24, 2.45) is 0 Å². The molecule has 0 bridgehead atoms. The number of rotatable bonds is 7. The van der Waals surface area contributed by atoms with Crippen LogP contribution in [0.5, 0.6) is 5.88 Å². The van der Waals surface area contributed by atoms with E-state index < -0.39 is 0 Å². The number of hydrogen-bond donors (Lipinski definition) is 1. The molecule has 1 aromatic rings. The Bertz CT molecular complexity index is 407. The molecule has 1 N–H and O–H groups in total. The molecule has 0 spiro atoms. The first-order valence-electron chi connectivity index (χ1n) is 6.62. The lowest BCUT2D eigenvalue weighted by Crippen LogP contribution is -2.41. The molecule has 0 saturated carbocycles. The molecule has 1 atom stereocenters. The minimum Gasteiger partial charge on any atom is -0.478 e. The molecular weight excluding hydrogens is 244 g/mol. The number of anilines is 1. The number of likely N-dealkylation sites (N-methyl/N-ethyl adjacent to an activating group) is 1. The van der Waals surface area contributed by atoms with Crippen LogP contribution < -0.4 is 10.1 Å². The fourth-order valence-corrected chi connectivity index (χ4v) is 1.74. The number of ether oxygens (including phenoxy) is 1. The van der Waals surface area contributed by atoms with E-state index in [-0.39, 0.29) is 11.9 Å². The predicted molar refractivity (Wildman–Crippen MR) is 74.2 cm³/mol. The van der Waals surface area contributed by atoms with Crippen LogP contribution in [-0.4, -0.2) is 46.5 Å². The predicted octanol–water partition coefficient (Wildman–Crippen LogP) is 1.54. The van der Waals surface area contributed by atoms with Crippen molar-refractivity contribution in [3.05, 3.63) is 12.4 Å². The average Bonchev–Trinajstić information content (AvgIpc) is 2.40. The number of nitrogens with one attached hydrogen (secondary N) is 1. The summed E-state index contributed by atoms with van der Waals surface area (Å²) in [5.41, 5.74) is 0. The molecule has 0 aromatic carbocycles. The van der Waals surface area contributed by atoms with Crippen LogP contribution in [0.1, 0.15) is 27.7 Å². The number of hydrogen-bond acceptors (Lipinski definition) is 5. The Morgan fingerprint density at radius 3 is 2.63 bits per heavy atom. The van der Waals surface area contributed by atoms with Crippen LogP contribution >= 0.6 is 0 Å². The highest BCUT2D eigenvalue weighted by atomic mass is 16.5. The quantitative estimate of drug-likeness (QED) is 0.811. The molecule has 0 aliphatic heterocycles. The average molecular weight is 266 g/mol. The summed E-state index contributed by atoms with van der Waals surface area (Å²) >= 11 is 0. The van der Waals surface area contributed by atoms with E-state index in [0.29, 0.717) is 31.4 Å². The van der Waals surface area contributed by atoms with E-state index >= 15 is 0 Å². The largest absolute Gasteiger partial charge is 0.478 e. The third-order valence-corrected chi connectivity index (χ3v) is 2.74. The normalized spacial score (nSPS) is 11.8. The van der Waals surface area contributed by atoms with Gasteiger partial charge in [-0.15, -0.1) is 0 Å². The topological polar surface area (TPSA) is 67.3 Å². The fourth-order valence-electron chi connectivity index (χ4n) is 1.74. The third kappa shape index (κ3) is 4.39. The Morgan fingerprint density at radius 1 is 1.37 bits per heavy atom. The summed E-state index contributed by atoms with van der Waals surface area (Å²) in [4.78, 5) is 22.0. The first-order valence-corrected chi connectivity index (χ1v) is 6.62. The van der Waals surface area contributed by atoms with Crippen molar-refractivity contribution < 1.29 is 9.53 Å². The number of nitrogens with zero attached hydrogens (tertiary/aromatic N) is 3. The van der Waals surface area contributed by atoms with Crippen LogP contribution in [0.4, 0.5) is 5.82 Å². The maximum atomic E-state index is 12.1. The van der Waals surface area contributed by atoms with E-state index in [9.17, 15) is 4.79 Å². The number of carbonyl (C=O) groups is 1. The minimum absolute atomic E-state index is 0.0570. The summed E-state index contributed by atoms with van der Waals surface area (Å²) in [5.74, 6) is 1.15. The Balaban J connectivity index is 2.68. The van der Waals surface area contributed by atoms with Crippen LogP contribution in [0.15, 0.2) is 12.4 Å². The summed E-state index contributed by atoms with van der Waals surface area (Å²) in [5, 5.41) is 3.07. The standard InChI is InChI=1S/C13H22N4O2/c1-5-17(6-2)13(18)10(4)16-11-8-12(19-7-3)15-9-14-11/h8-10H,5-7H2,1-4H3,(H,14,15,16). The number of amides is 1. The first-order chi connectivity index (χ1) is 9.12. The maximum Gasteiger partial charge on any atom is 0.244 e. The second-order valence-corrected chi connectivity index (χ2v) is 4.05. The van der Waals surface area contributed by atoms with Gasteiger partial charge in [-0.1, -0.05) is 0 Å². The summed E-state index contributed by atoms with van der Waals surface area (Å²) in [6, 6.07) is 1.36. The molecule has 0 aliphatic carbocycles. The maximum absolute atomic E-state index is 12.1. The highest BCUT2D eigenvalue weighted by Gasteiger charge is 2.18. The van der Waals surface area contributed by atoms with E-state index in [1.165, 1.54) is 6.33 Å². The molecule has 1 amide bonds. The van der Waals surface area contributed by atoms with Gasteiger partial charge in [-0.25, -0.2) is 9.97 Å². The van der Waals surface area contributed by atoms with Gasteiger partial charge in [-0.3, -0.25) is 4.79 Å². The second-order valence-electron chi connectivity index (χ2n) is 4.05. The molecule has 106 valence electrons. The summed E-state index contributed by atoms with van der Waals surface area (Å²) in [6.45, 7) is 9.60. The first kappa shape index (κ1) is 15.2. The van der Waals surface area contributed by atoms with Crippen molar-refractivity contribution in [2.75, 3.05) is 25.0 Å². The Labute approximate surface area is 114 Å². The van der Waals surface area contributed by atoms with Gasteiger partial charge in [0.15, 0.2) is 0 Å². The molecule has 1 rings (SSSR count). The molecule has 1 unspecified atom stereocenters. The van der Waals surface area contributed by atoms with Crippen LogP contribution in [-0.2, 0) is 4.79 Å². The van der Waals surface area contributed by atoms with Gasteiger partial charge >= 0.3 is 0 Å². The van der Waals surface area contributed by atoms with Crippen molar-refractivity contribution in [1.29, 1.82) is 0 Å². The van der Waals surface area contributed by atoms with Crippen molar-refractivity contribution >= 4 is 11.7 Å². The van der Waals surface area contributed by atoms with Gasteiger partial charge in [-0.2, -0.15) is 0 Å².